The lowest BCUT2D eigenvalue weighted by Crippen LogP contribution is -2.47. The number of nitrogens with zero attached hydrogens (tertiary/aromatic N) is 2. The normalized spacial score (nSPS) is 28.7. The van der Waals surface area contributed by atoms with Crippen LogP contribution >= 0.6 is 11.8 Å². The van der Waals surface area contributed by atoms with E-state index in [0.29, 0.717) is 5.25 Å². The van der Waals surface area contributed by atoms with Crippen LogP contribution in [0.5, 0.6) is 0 Å². The quantitative estimate of drug-likeness (QED) is 0.731. The Morgan fingerprint density at radius 2 is 2.00 bits per heavy atom. The molecule has 0 saturated heterocycles. The maximum atomic E-state index is 12.2. The van der Waals surface area contributed by atoms with E-state index in [9.17, 15) is 4.79 Å². The van der Waals surface area contributed by atoms with Gasteiger partial charge in [-0.1, -0.05) is 24.6 Å². The predicted molar refractivity (Wildman–Crippen MR) is 77.9 cm³/mol. The smallest absolute Gasteiger partial charge is 0.252 e. The third-order valence-corrected chi connectivity index (χ3v) is 5.23. The Morgan fingerprint density at radius 3 is 2.61 bits per heavy atom. The minimum atomic E-state index is 0.0301. The van der Waals surface area contributed by atoms with Crippen molar-refractivity contribution in [3.63, 3.8) is 0 Å². The Labute approximate surface area is 114 Å². The van der Waals surface area contributed by atoms with Gasteiger partial charge in [0, 0.05) is 17.3 Å². The van der Waals surface area contributed by atoms with Crippen LogP contribution in [0.15, 0.2) is 4.99 Å². The van der Waals surface area contributed by atoms with Crippen LogP contribution in [0.3, 0.4) is 0 Å². The van der Waals surface area contributed by atoms with Gasteiger partial charge in [-0.3, -0.25) is 4.79 Å². The molecule has 1 amide bonds. The Bertz CT molecular complexity index is 359. The zero-order chi connectivity index (χ0) is 13.3. The van der Waals surface area contributed by atoms with Crippen molar-refractivity contribution in [2.24, 2.45) is 10.9 Å². The van der Waals surface area contributed by atoms with Crippen molar-refractivity contribution in [2.45, 2.75) is 64.2 Å². The minimum absolute atomic E-state index is 0.0301. The van der Waals surface area contributed by atoms with Crippen molar-refractivity contribution in [2.75, 3.05) is 6.54 Å². The molecule has 2 aliphatic rings. The second kappa shape index (κ2) is 5.24. The number of fused-ring (bicyclic) bond motifs is 1. The fourth-order valence-electron chi connectivity index (χ4n) is 2.88. The first-order valence-corrected chi connectivity index (χ1v) is 7.88. The van der Waals surface area contributed by atoms with Crippen LogP contribution in [-0.2, 0) is 4.79 Å². The van der Waals surface area contributed by atoms with Crippen LogP contribution in [0, 0.1) is 5.92 Å². The van der Waals surface area contributed by atoms with Crippen molar-refractivity contribution in [3.05, 3.63) is 0 Å². The highest BCUT2D eigenvalue weighted by molar-refractivity contribution is 8.14. The number of aliphatic imine (C=N–C) groups is 1. The highest BCUT2D eigenvalue weighted by Crippen LogP contribution is 2.39. The first-order valence-electron chi connectivity index (χ1n) is 7.00. The number of rotatable bonds is 1. The molecule has 102 valence electrons. The molecule has 0 radical (unpaired) electrons. The zero-order valence-corrected chi connectivity index (χ0v) is 12.7. The molecule has 18 heavy (non-hydrogen) atoms. The number of carbonyl (C=O) groups is 1. The van der Waals surface area contributed by atoms with E-state index in [2.05, 4.69) is 37.6 Å². The summed E-state index contributed by atoms with van der Waals surface area (Å²) in [4.78, 5) is 18.8. The number of amides is 1. The summed E-state index contributed by atoms with van der Waals surface area (Å²) in [5, 5.41) is 1.41. The van der Waals surface area contributed by atoms with Gasteiger partial charge < -0.3 is 4.90 Å². The molecule has 2 rings (SSSR count). The minimum Gasteiger partial charge on any atom is -0.347 e. The molecule has 0 bridgehead atoms. The van der Waals surface area contributed by atoms with Crippen molar-refractivity contribution < 1.29 is 4.79 Å². The van der Waals surface area contributed by atoms with Crippen LogP contribution in [0.25, 0.3) is 0 Å². The van der Waals surface area contributed by atoms with Gasteiger partial charge in [-0.25, -0.2) is 0 Å². The van der Waals surface area contributed by atoms with Crippen LogP contribution in [0.4, 0.5) is 0 Å². The van der Waals surface area contributed by atoms with E-state index >= 15 is 0 Å². The van der Waals surface area contributed by atoms with Crippen molar-refractivity contribution in [1.29, 1.82) is 0 Å². The summed E-state index contributed by atoms with van der Waals surface area (Å²) in [6.45, 7) is 9.57. The van der Waals surface area contributed by atoms with E-state index in [4.69, 9.17) is 0 Å². The maximum absolute atomic E-state index is 12.2. The molecule has 1 heterocycles. The van der Waals surface area contributed by atoms with Crippen LogP contribution < -0.4 is 0 Å². The highest BCUT2D eigenvalue weighted by Gasteiger charge is 2.38. The van der Waals surface area contributed by atoms with Gasteiger partial charge >= 0.3 is 0 Å². The average Bonchev–Trinajstić information content (AvgIpc) is 2.28. The molecule has 2 unspecified atom stereocenters. The molecule has 1 aliphatic heterocycles. The Kier molecular flexibility index (Phi) is 4.05. The Hall–Kier alpha value is -0.510. The van der Waals surface area contributed by atoms with Gasteiger partial charge in [0.1, 0.15) is 0 Å². The molecule has 1 aliphatic carbocycles. The fourth-order valence-corrected chi connectivity index (χ4v) is 4.52. The average molecular weight is 268 g/mol. The predicted octanol–water partition coefficient (Wildman–Crippen LogP) is 3.30. The van der Waals surface area contributed by atoms with E-state index in [1.54, 1.807) is 0 Å². The molecule has 2 atom stereocenters. The summed E-state index contributed by atoms with van der Waals surface area (Å²) in [6, 6.07) is 0. The third kappa shape index (κ3) is 2.73. The van der Waals surface area contributed by atoms with Gasteiger partial charge in [-0.05, 0) is 40.5 Å². The Balaban J connectivity index is 2.21. The topological polar surface area (TPSA) is 32.7 Å². The van der Waals surface area contributed by atoms with Gasteiger partial charge in [0.2, 0.25) is 0 Å². The molecule has 0 aromatic rings. The SMILES string of the molecule is CCN(C1=NC(=O)C2CCCCC2S1)C(C)(C)C. The molecule has 0 spiro atoms. The van der Waals surface area contributed by atoms with Crippen LogP contribution in [-0.4, -0.2) is 33.3 Å². The number of hydrogen-bond acceptors (Lipinski definition) is 3. The van der Waals surface area contributed by atoms with Crippen molar-refractivity contribution in [3.8, 4) is 0 Å². The second-order valence-corrected chi connectivity index (χ2v) is 7.40. The van der Waals surface area contributed by atoms with E-state index in [-0.39, 0.29) is 17.4 Å². The van der Waals surface area contributed by atoms with Gasteiger partial charge in [-0.15, -0.1) is 0 Å². The number of amidine groups is 1. The molecular weight excluding hydrogens is 244 g/mol. The first-order chi connectivity index (χ1) is 8.43. The summed E-state index contributed by atoms with van der Waals surface area (Å²) >= 11 is 1.83. The largest absolute Gasteiger partial charge is 0.347 e. The number of thioether (sulfide) groups is 1. The van der Waals surface area contributed by atoms with Gasteiger partial charge in [0.05, 0.1) is 5.92 Å². The fraction of sp³-hybridized carbons (Fsp3) is 0.857. The summed E-state index contributed by atoms with van der Waals surface area (Å²) in [5.41, 5.74) is 0.0301. The summed E-state index contributed by atoms with van der Waals surface area (Å²) in [6.07, 6.45) is 4.65. The maximum Gasteiger partial charge on any atom is 0.252 e. The monoisotopic (exact) mass is 268 g/mol. The summed E-state index contributed by atoms with van der Waals surface area (Å²) < 4.78 is 0. The lowest BCUT2D eigenvalue weighted by molar-refractivity contribution is -0.122. The van der Waals surface area contributed by atoms with Gasteiger partial charge in [0.15, 0.2) is 5.17 Å². The summed E-state index contributed by atoms with van der Waals surface area (Å²) in [5.74, 6) is 0.308. The van der Waals surface area contributed by atoms with Gasteiger partial charge in [-0.2, -0.15) is 4.99 Å². The van der Waals surface area contributed by atoms with E-state index in [1.165, 1.54) is 19.3 Å². The van der Waals surface area contributed by atoms with E-state index in [1.807, 2.05) is 11.8 Å². The van der Waals surface area contributed by atoms with Crippen molar-refractivity contribution >= 4 is 22.8 Å². The van der Waals surface area contributed by atoms with Crippen molar-refractivity contribution in [1.82, 2.24) is 4.90 Å². The van der Waals surface area contributed by atoms with E-state index < -0.39 is 0 Å². The molecule has 0 N–H and O–H groups in total. The van der Waals surface area contributed by atoms with Crippen LogP contribution in [0.1, 0.15) is 53.4 Å². The molecule has 3 nitrogen and oxygen atoms in total. The molecular formula is C14H24N2OS. The lowest BCUT2D eigenvalue weighted by atomic mass is 9.88. The van der Waals surface area contributed by atoms with Crippen LogP contribution in [0.2, 0.25) is 0 Å². The Morgan fingerprint density at radius 1 is 1.33 bits per heavy atom. The standard InChI is InChI=1S/C14H24N2OS/c1-5-16(14(2,3)4)13-15-12(17)10-8-6-7-9-11(10)18-13/h10-11H,5-9H2,1-4H3. The third-order valence-electron chi connectivity index (χ3n) is 3.84. The van der Waals surface area contributed by atoms with E-state index in [0.717, 1.165) is 18.1 Å². The molecule has 0 aromatic heterocycles. The molecule has 1 fully saturated rings. The summed E-state index contributed by atoms with van der Waals surface area (Å²) in [7, 11) is 0. The molecule has 4 heteroatoms. The highest BCUT2D eigenvalue weighted by atomic mass is 32.2. The molecule has 0 aromatic carbocycles. The lowest BCUT2D eigenvalue weighted by Gasteiger charge is -2.41. The number of hydrogen-bond donors (Lipinski definition) is 0. The second-order valence-electron chi connectivity index (χ2n) is 6.19. The number of carbonyl (C=O) groups excluding carboxylic acids is 1. The molecule has 1 saturated carbocycles. The first kappa shape index (κ1) is 13.9. The zero-order valence-electron chi connectivity index (χ0n) is 11.9. The van der Waals surface area contributed by atoms with Gasteiger partial charge in [0.25, 0.3) is 5.91 Å².